The largest absolute Gasteiger partial charge is 0.394 e. The number of rotatable bonds is 6. The fourth-order valence-corrected chi connectivity index (χ4v) is 2.84. The number of carbonyl (C=O) groups is 1. The highest BCUT2D eigenvalue weighted by Gasteiger charge is 2.12. The molecule has 2 aromatic heterocycles. The topological polar surface area (TPSA) is 105 Å². The van der Waals surface area contributed by atoms with Crippen LogP contribution in [0.15, 0.2) is 6.07 Å². The lowest BCUT2D eigenvalue weighted by Gasteiger charge is -2.07. The summed E-state index contributed by atoms with van der Waals surface area (Å²) in [6, 6.07) is 1.32. The molecule has 22 heavy (non-hydrogen) atoms. The standard InChI is InChI=1S/C13H20N6O2S/c1-8(2)6-11-16-17-13(22-11)15-12(21)14-10-7-9(3)18-19(10)4-5-20/h7-8,20H,4-6H2,1-3H3,(H2,14,15,17,21). The Bertz CT molecular complexity index is 636. The minimum absolute atomic E-state index is 0.0492. The third-order valence-corrected chi connectivity index (χ3v) is 3.59. The molecule has 120 valence electrons. The molecule has 0 aliphatic heterocycles. The quantitative estimate of drug-likeness (QED) is 0.752. The number of amides is 2. The zero-order valence-electron chi connectivity index (χ0n) is 12.8. The number of aliphatic hydroxyl groups excluding tert-OH is 1. The van der Waals surface area contributed by atoms with Gasteiger partial charge in [-0.2, -0.15) is 5.10 Å². The van der Waals surface area contributed by atoms with Crippen LogP contribution in [0, 0.1) is 12.8 Å². The number of aliphatic hydroxyl groups is 1. The van der Waals surface area contributed by atoms with Crippen LogP contribution in [-0.2, 0) is 13.0 Å². The van der Waals surface area contributed by atoms with E-state index < -0.39 is 6.03 Å². The second kappa shape index (κ2) is 7.32. The first-order chi connectivity index (χ1) is 10.5. The van der Waals surface area contributed by atoms with Crippen molar-refractivity contribution in [3.63, 3.8) is 0 Å². The van der Waals surface area contributed by atoms with Crippen molar-refractivity contribution in [3.8, 4) is 0 Å². The highest BCUT2D eigenvalue weighted by molar-refractivity contribution is 7.15. The van der Waals surface area contributed by atoms with E-state index in [1.165, 1.54) is 11.3 Å². The van der Waals surface area contributed by atoms with Crippen molar-refractivity contribution in [1.29, 1.82) is 0 Å². The number of nitrogens with one attached hydrogen (secondary N) is 2. The third-order valence-electron chi connectivity index (χ3n) is 2.73. The first kappa shape index (κ1) is 16.4. The maximum Gasteiger partial charge on any atom is 0.326 e. The van der Waals surface area contributed by atoms with Gasteiger partial charge in [-0.3, -0.25) is 10.6 Å². The normalized spacial score (nSPS) is 11.0. The molecule has 2 heterocycles. The van der Waals surface area contributed by atoms with Gasteiger partial charge in [-0.05, 0) is 12.8 Å². The number of anilines is 2. The van der Waals surface area contributed by atoms with E-state index in [1.54, 1.807) is 10.7 Å². The highest BCUT2D eigenvalue weighted by atomic mass is 32.1. The first-order valence-corrected chi connectivity index (χ1v) is 7.85. The van der Waals surface area contributed by atoms with Crippen LogP contribution in [0.3, 0.4) is 0 Å². The Labute approximate surface area is 132 Å². The van der Waals surface area contributed by atoms with Crippen molar-refractivity contribution < 1.29 is 9.90 Å². The molecule has 9 heteroatoms. The fourth-order valence-electron chi connectivity index (χ4n) is 1.89. The molecule has 0 fully saturated rings. The van der Waals surface area contributed by atoms with Crippen LogP contribution in [0.1, 0.15) is 24.5 Å². The number of urea groups is 1. The molecule has 0 bridgehead atoms. The Morgan fingerprint density at radius 3 is 2.86 bits per heavy atom. The molecule has 0 aliphatic rings. The Morgan fingerprint density at radius 1 is 1.41 bits per heavy atom. The van der Waals surface area contributed by atoms with Gasteiger partial charge >= 0.3 is 6.03 Å². The fraction of sp³-hybridized carbons (Fsp3) is 0.538. The average molecular weight is 324 g/mol. The van der Waals surface area contributed by atoms with E-state index in [1.807, 2.05) is 6.92 Å². The van der Waals surface area contributed by atoms with Crippen molar-refractivity contribution in [3.05, 3.63) is 16.8 Å². The van der Waals surface area contributed by atoms with Crippen LogP contribution in [0.2, 0.25) is 0 Å². The van der Waals surface area contributed by atoms with Gasteiger partial charge < -0.3 is 5.11 Å². The molecule has 3 N–H and O–H groups in total. The Morgan fingerprint density at radius 2 is 2.18 bits per heavy atom. The monoisotopic (exact) mass is 324 g/mol. The zero-order valence-corrected chi connectivity index (χ0v) is 13.6. The molecule has 0 atom stereocenters. The molecular weight excluding hydrogens is 304 g/mol. The molecule has 0 aliphatic carbocycles. The second-order valence-corrected chi connectivity index (χ2v) is 6.36. The summed E-state index contributed by atoms with van der Waals surface area (Å²) in [6.45, 7) is 6.30. The zero-order chi connectivity index (χ0) is 16.1. The Hall–Kier alpha value is -2.00. The number of aryl methyl sites for hydroxylation is 1. The molecule has 0 saturated carbocycles. The summed E-state index contributed by atoms with van der Waals surface area (Å²) in [5.74, 6) is 1.02. The molecule has 8 nitrogen and oxygen atoms in total. The lowest BCUT2D eigenvalue weighted by molar-refractivity contribution is 0.260. The van der Waals surface area contributed by atoms with Crippen LogP contribution in [0.4, 0.5) is 15.7 Å². The van der Waals surface area contributed by atoms with Crippen molar-refractivity contribution in [2.75, 3.05) is 17.2 Å². The van der Waals surface area contributed by atoms with E-state index in [9.17, 15) is 4.79 Å². The van der Waals surface area contributed by atoms with Crippen molar-refractivity contribution >= 4 is 28.3 Å². The van der Waals surface area contributed by atoms with Gasteiger partial charge in [0.2, 0.25) is 5.13 Å². The third kappa shape index (κ3) is 4.50. The van der Waals surface area contributed by atoms with Crippen molar-refractivity contribution in [2.24, 2.45) is 5.92 Å². The lowest BCUT2D eigenvalue weighted by atomic mass is 10.1. The summed E-state index contributed by atoms with van der Waals surface area (Å²) in [6.07, 6.45) is 0.837. The molecule has 0 spiro atoms. The van der Waals surface area contributed by atoms with Gasteiger partial charge in [-0.25, -0.2) is 9.48 Å². The summed E-state index contributed by atoms with van der Waals surface area (Å²) in [5.41, 5.74) is 0.763. The maximum absolute atomic E-state index is 12.0. The van der Waals surface area contributed by atoms with Gasteiger partial charge in [0.05, 0.1) is 18.8 Å². The molecule has 2 amide bonds. The van der Waals surface area contributed by atoms with E-state index in [0.717, 1.165) is 17.1 Å². The number of hydrogen-bond donors (Lipinski definition) is 3. The number of aromatic nitrogens is 4. The summed E-state index contributed by atoms with van der Waals surface area (Å²) >= 11 is 1.36. The highest BCUT2D eigenvalue weighted by Crippen LogP contribution is 2.18. The van der Waals surface area contributed by atoms with E-state index >= 15 is 0 Å². The molecule has 0 radical (unpaired) electrons. The average Bonchev–Trinajstić information content (AvgIpc) is 2.97. The van der Waals surface area contributed by atoms with E-state index in [2.05, 4.69) is 39.8 Å². The predicted octanol–water partition coefficient (Wildman–Crippen LogP) is 1.88. The van der Waals surface area contributed by atoms with Crippen LogP contribution in [0.25, 0.3) is 0 Å². The molecular formula is C13H20N6O2S. The van der Waals surface area contributed by atoms with Gasteiger partial charge in [0.25, 0.3) is 0 Å². The van der Waals surface area contributed by atoms with Gasteiger partial charge in [0.1, 0.15) is 10.8 Å². The van der Waals surface area contributed by atoms with Crippen LogP contribution < -0.4 is 10.6 Å². The van der Waals surface area contributed by atoms with E-state index in [-0.39, 0.29) is 6.61 Å². The number of nitrogens with zero attached hydrogens (tertiary/aromatic N) is 4. The van der Waals surface area contributed by atoms with Crippen LogP contribution in [0.5, 0.6) is 0 Å². The SMILES string of the molecule is Cc1cc(NC(=O)Nc2nnc(CC(C)C)s2)n(CCO)n1. The molecule has 0 unspecified atom stereocenters. The van der Waals surface area contributed by atoms with Crippen molar-refractivity contribution in [2.45, 2.75) is 33.7 Å². The minimum Gasteiger partial charge on any atom is -0.394 e. The first-order valence-electron chi connectivity index (χ1n) is 7.03. The molecule has 0 aromatic carbocycles. The van der Waals surface area contributed by atoms with Gasteiger partial charge in [-0.1, -0.05) is 25.2 Å². The van der Waals surface area contributed by atoms with E-state index in [4.69, 9.17) is 5.11 Å². The van der Waals surface area contributed by atoms with E-state index in [0.29, 0.717) is 23.4 Å². The Kier molecular flexibility index (Phi) is 5.45. The second-order valence-electron chi connectivity index (χ2n) is 5.30. The Balaban J connectivity index is 1.96. The van der Waals surface area contributed by atoms with Crippen LogP contribution in [-0.4, -0.2) is 37.7 Å². The summed E-state index contributed by atoms with van der Waals surface area (Å²) in [7, 11) is 0. The predicted molar refractivity (Wildman–Crippen MR) is 85.1 cm³/mol. The summed E-state index contributed by atoms with van der Waals surface area (Å²) < 4.78 is 1.54. The van der Waals surface area contributed by atoms with Crippen molar-refractivity contribution in [1.82, 2.24) is 20.0 Å². The summed E-state index contributed by atoms with van der Waals surface area (Å²) in [5, 5.41) is 27.9. The van der Waals surface area contributed by atoms with Gasteiger partial charge in [-0.15, -0.1) is 10.2 Å². The number of hydrogen-bond acceptors (Lipinski definition) is 6. The summed E-state index contributed by atoms with van der Waals surface area (Å²) in [4.78, 5) is 12.0. The minimum atomic E-state index is -0.411. The maximum atomic E-state index is 12.0. The molecule has 0 saturated heterocycles. The smallest absolute Gasteiger partial charge is 0.326 e. The number of carbonyl (C=O) groups excluding carboxylic acids is 1. The molecule has 2 aromatic rings. The molecule has 2 rings (SSSR count). The van der Waals surface area contributed by atoms with Gasteiger partial charge in [0.15, 0.2) is 0 Å². The lowest BCUT2D eigenvalue weighted by Crippen LogP contribution is -2.22. The van der Waals surface area contributed by atoms with Crippen LogP contribution >= 0.6 is 11.3 Å². The van der Waals surface area contributed by atoms with Gasteiger partial charge in [0, 0.05) is 12.5 Å².